The van der Waals surface area contributed by atoms with Crippen molar-refractivity contribution in [1.82, 2.24) is 9.55 Å². The third kappa shape index (κ3) is 2.48. The molecule has 3 nitrogen and oxygen atoms in total. The zero-order valence-electron chi connectivity index (χ0n) is 10.9. The molecule has 2 fully saturated rings. The highest BCUT2D eigenvalue weighted by atomic mass is 15.2. The molecule has 0 saturated heterocycles. The number of aromatic nitrogens is 2. The van der Waals surface area contributed by atoms with Crippen molar-refractivity contribution in [1.29, 1.82) is 0 Å². The van der Waals surface area contributed by atoms with E-state index >= 15 is 0 Å². The molecule has 2 saturated carbocycles. The highest BCUT2D eigenvalue weighted by Gasteiger charge is 2.33. The van der Waals surface area contributed by atoms with Gasteiger partial charge in [-0.05, 0) is 38.0 Å². The molecule has 2 atom stereocenters. The number of aryl methyl sites for hydroxylation is 1. The van der Waals surface area contributed by atoms with Crippen LogP contribution in [0.4, 0.5) is 5.95 Å². The fraction of sp³-hybridized carbons (Fsp3) is 0.786. The maximum absolute atomic E-state index is 4.63. The van der Waals surface area contributed by atoms with Crippen LogP contribution in [-0.4, -0.2) is 15.6 Å². The van der Waals surface area contributed by atoms with Crippen LogP contribution >= 0.6 is 0 Å². The quantitative estimate of drug-likeness (QED) is 0.865. The van der Waals surface area contributed by atoms with Crippen molar-refractivity contribution in [3.05, 3.63) is 11.9 Å². The highest BCUT2D eigenvalue weighted by Crippen LogP contribution is 2.39. The monoisotopic (exact) mass is 233 g/mol. The van der Waals surface area contributed by atoms with Gasteiger partial charge in [0.25, 0.3) is 0 Å². The lowest BCUT2D eigenvalue weighted by Crippen LogP contribution is -2.18. The van der Waals surface area contributed by atoms with E-state index in [2.05, 4.69) is 34.9 Å². The lowest BCUT2D eigenvalue weighted by molar-refractivity contribution is 0.590. The SMILES string of the molecule is Cc1cn(CC2CC2C)c(NC2CCCC2)n1. The van der Waals surface area contributed by atoms with E-state index in [0.29, 0.717) is 6.04 Å². The van der Waals surface area contributed by atoms with Gasteiger partial charge in [-0.3, -0.25) is 0 Å². The summed E-state index contributed by atoms with van der Waals surface area (Å²) >= 11 is 0. The topological polar surface area (TPSA) is 29.9 Å². The largest absolute Gasteiger partial charge is 0.353 e. The molecular weight excluding hydrogens is 210 g/mol. The Morgan fingerprint density at radius 2 is 2.12 bits per heavy atom. The van der Waals surface area contributed by atoms with E-state index in [9.17, 15) is 0 Å². The molecule has 0 aromatic carbocycles. The number of imidazole rings is 1. The second-order valence-electron chi connectivity index (χ2n) is 5.96. The molecule has 3 rings (SSSR count). The lowest BCUT2D eigenvalue weighted by atomic mass is 10.2. The third-order valence-electron chi connectivity index (χ3n) is 4.29. The highest BCUT2D eigenvalue weighted by molar-refractivity contribution is 5.30. The molecule has 0 bridgehead atoms. The maximum Gasteiger partial charge on any atom is 0.203 e. The summed E-state index contributed by atoms with van der Waals surface area (Å²) in [6.45, 7) is 5.59. The number of nitrogens with zero attached hydrogens (tertiary/aromatic N) is 2. The number of rotatable bonds is 4. The summed E-state index contributed by atoms with van der Waals surface area (Å²) in [5.74, 6) is 2.90. The van der Waals surface area contributed by atoms with Crippen molar-refractivity contribution in [3.63, 3.8) is 0 Å². The molecule has 0 radical (unpaired) electrons. The van der Waals surface area contributed by atoms with Gasteiger partial charge in [0.2, 0.25) is 5.95 Å². The lowest BCUT2D eigenvalue weighted by Gasteiger charge is -2.14. The predicted molar refractivity (Wildman–Crippen MR) is 70.1 cm³/mol. The smallest absolute Gasteiger partial charge is 0.203 e. The van der Waals surface area contributed by atoms with Gasteiger partial charge in [-0.15, -0.1) is 0 Å². The Morgan fingerprint density at radius 1 is 1.41 bits per heavy atom. The number of anilines is 1. The molecule has 3 heteroatoms. The molecule has 1 N–H and O–H groups in total. The fourth-order valence-electron chi connectivity index (χ4n) is 2.96. The van der Waals surface area contributed by atoms with Crippen LogP contribution in [0.5, 0.6) is 0 Å². The van der Waals surface area contributed by atoms with Gasteiger partial charge in [-0.2, -0.15) is 0 Å². The molecule has 2 aliphatic rings. The van der Waals surface area contributed by atoms with E-state index in [4.69, 9.17) is 0 Å². The third-order valence-corrected chi connectivity index (χ3v) is 4.29. The number of hydrogen-bond donors (Lipinski definition) is 1. The van der Waals surface area contributed by atoms with Gasteiger partial charge in [0, 0.05) is 18.8 Å². The van der Waals surface area contributed by atoms with E-state index in [0.717, 1.165) is 30.0 Å². The predicted octanol–water partition coefficient (Wildman–Crippen LogP) is 3.20. The average molecular weight is 233 g/mol. The van der Waals surface area contributed by atoms with Gasteiger partial charge in [0.15, 0.2) is 0 Å². The zero-order chi connectivity index (χ0) is 11.8. The normalized spacial score (nSPS) is 28.6. The van der Waals surface area contributed by atoms with Crippen LogP contribution in [0.2, 0.25) is 0 Å². The minimum atomic E-state index is 0.659. The molecule has 2 unspecified atom stereocenters. The van der Waals surface area contributed by atoms with E-state index in [1.54, 1.807) is 0 Å². The van der Waals surface area contributed by atoms with E-state index in [1.807, 2.05) is 0 Å². The van der Waals surface area contributed by atoms with Gasteiger partial charge in [0.05, 0.1) is 5.69 Å². The van der Waals surface area contributed by atoms with Gasteiger partial charge in [0.1, 0.15) is 0 Å². The van der Waals surface area contributed by atoms with E-state index in [1.165, 1.54) is 32.1 Å². The Hall–Kier alpha value is -0.990. The molecule has 0 spiro atoms. The van der Waals surface area contributed by atoms with Crippen LogP contribution in [0.3, 0.4) is 0 Å². The standard InChI is InChI=1S/C14H23N3/c1-10-7-12(10)9-17-8-11(2)15-14(17)16-13-5-3-4-6-13/h8,10,12-13H,3-7,9H2,1-2H3,(H,15,16). The van der Waals surface area contributed by atoms with Crippen molar-refractivity contribution < 1.29 is 0 Å². The van der Waals surface area contributed by atoms with Crippen LogP contribution in [0.15, 0.2) is 6.20 Å². The summed E-state index contributed by atoms with van der Waals surface area (Å²) in [7, 11) is 0. The van der Waals surface area contributed by atoms with Crippen LogP contribution in [0, 0.1) is 18.8 Å². The van der Waals surface area contributed by atoms with Crippen LogP contribution < -0.4 is 5.32 Å². The number of nitrogens with one attached hydrogen (secondary N) is 1. The van der Waals surface area contributed by atoms with Gasteiger partial charge in [-0.25, -0.2) is 4.98 Å². The summed E-state index contributed by atoms with van der Waals surface area (Å²) in [5.41, 5.74) is 1.14. The fourth-order valence-corrected chi connectivity index (χ4v) is 2.96. The van der Waals surface area contributed by atoms with Crippen LogP contribution in [-0.2, 0) is 6.54 Å². The van der Waals surface area contributed by atoms with E-state index in [-0.39, 0.29) is 0 Å². The van der Waals surface area contributed by atoms with Crippen molar-refractivity contribution in [2.24, 2.45) is 11.8 Å². The average Bonchev–Trinajstić information content (AvgIpc) is 2.69. The molecule has 1 aromatic heterocycles. The zero-order valence-corrected chi connectivity index (χ0v) is 10.9. The second-order valence-corrected chi connectivity index (χ2v) is 5.96. The molecule has 2 aliphatic carbocycles. The van der Waals surface area contributed by atoms with E-state index < -0.39 is 0 Å². The van der Waals surface area contributed by atoms with Crippen LogP contribution in [0.25, 0.3) is 0 Å². The maximum atomic E-state index is 4.63. The summed E-state index contributed by atoms with van der Waals surface area (Å²) in [4.78, 5) is 4.63. The summed E-state index contributed by atoms with van der Waals surface area (Å²) in [6, 6.07) is 0.659. The van der Waals surface area contributed by atoms with Crippen molar-refractivity contribution in [3.8, 4) is 0 Å². The number of hydrogen-bond acceptors (Lipinski definition) is 2. The Balaban J connectivity index is 1.68. The summed E-state index contributed by atoms with van der Waals surface area (Å²) < 4.78 is 2.34. The Labute approximate surface area is 104 Å². The molecule has 94 valence electrons. The minimum absolute atomic E-state index is 0.659. The molecule has 1 heterocycles. The first-order valence-corrected chi connectivity index (χ1v) is 7.02. The summed E-state index contributed by atoms with van der Waals surface area (Å²) in [5, 5.41) is 3.63. The Morgan fingerprint density at radius 3 is 2.76 bits per heavy atom. The second kappa shape index (κ2) is 4.35. The van der Waals surface area contributed by atoms with Crippen molar-refractivity contribution >= 4 is 5.95 Å². The Bertz CT molecular complexity index is 390. The first-order valence-electron chi connectivity index (χ1n) is 7.02. The molecule has 1 aromatic rings. The molecule has 0 amide bonds. The first-order chi connectivity index (χ1) is 8.22. The Kier molecular flexibility index (Phi) is 2.85. The first kappa shape index (κ1) is 11.1. The minimum Gasteiger partial charge on any atom is -0.353 e. The van der Waals surface area contributed by atoms with Gasteiger partial charge < -0.3 is 9.88 Å². The van der Waals surface area contributed by atoms with Gasteiger partial charge >= 0.3 is 0 Å². The summed E-state index contributed by atoms with van der Waals surface area (Å²) in [6.07, 6.45) is 8.95. The van der Waals surface area contributed by atoms with Crippen molar-refractivity contribution in [2.75, 3.05) is 5.32 Å². The van der Waals surface area contributed by atoms with Gasteiger partial charge in [-0.1, -0.05) is 19.8 Å². The molecule has 0 aliphatic heterocycles. The van der Waals surface area contributed by atoms with Crippen molar-refractivity contribution in [2.45, 2.75) is 58.5 Å². The molecular formula is C14H23N3. The molecule has 17 heavy (non-hydrogen) atoms. The van der Waals surface area contributed by atoms with Crippen LogP contribution in [0.1, 0.15) is 44.7 Å².